The minimum absolute atomic E-state index is 0. The van der Waals surface area contributed by atoms with Gasteiger partial charge in [-0.05, 0) is 74.0 Å². The first kappa shape index (κ1) is 35.8. The summed E-state index contributed by atoms with van der Waals surface area (Å²) >= 11 is 12.8. The van der Waals surface area contributed by atoms with E-state index in [1.165, 1.54) is 134 Å². The standard InChI is InChI=1S/C17H24Cl2P.C17H26P.Fe.Pd/c18-15-11-12-16(17(15)19)20(13-7-3-1-4-8-13)14-9-5-2-6-10-14;1-3-9-15(10-4-1)18(17-13-7-8-14-17)16-11-5-2-6-12-16;;/h11-14H,1-10H2;7-8,13-16H,1-6,9-12H2;;/q2*-1;2*+2. The SMILES string of the molecule is Clc1c(P(C2CCCCC2)C2CCCCC2)cc[c-]1Cl.[Fe+2].[Pd+2].c1c[cH-]c(P(C2CCCCC2)C2CCCCC2)c1. The second kappa shape index (κ2) is 19.0. The minimum Gasteiger partial charge on any atom is -0.213 e. The number of hydrogen-bond acceptors (Lipinski definition) is 0. The van der Waals surface area contributed by atoms with Gasteiger partial charge in [-0.3, -0.25) is 0 Å². The van der Waals surface area contributed by atoms with Crippen molar-refractivity contribution in [1.29, 1.82) is 0 Å². The maximum Gasteiger partial charge on any atom is 2.00 e. The predicted molar refractivity (Wildman–Crippen MR) is 175 cm³/mol. The molecule has 6 rings (SSSR count). The quantitative estimate of drug-likeness (QED) is 0.157. The van der Waals surface area contributed by atoms with Crippen LogP contribution in [0.1, 0.15) is 128 Å². The van der Waals surface area contributed by atoms with Crippen molar-refractivity contribution in [2.45, 2.75) is 151 Å². The van der Waals surface area contributed by atoms with E-state index in [1.54, 1.807) is 5.30 Å². The molecule has 0 aromatic heterocycles. The third-order valence-electron chi connectivity index (χ3n) is 9.92. The molecule has 40 heavy (non-hydrogen) atoms. The predicted octanol–water partition coefficient (Wildman–Crippen LogP) is 11.7. The molecule has 226 valence electrons. The molecule has 0 spiro atoms. The largest absolute Gasteiger partial charge is 2.00 e. The summed E-state index contributed by atoms with van der Waals surface area (Å²) in [5.74, 6) is 0. The summed E-state index contributed by atoms with van der Waals surface area (Å²) in [4.78, 5) is 0. The van der Waals surface area contributed by atoms with E-state index in [1.807, 2.05) is 6.07 Å². The van der Waals surface area contributed by atoms with Crippen LogP contribution < -0.4 is 10.6 Å². The van der Waals surface area contributed by atoms with Gasteiger partial charge < -0.3 is 0 Å². The zero-order chi connectivity index (χ0) is 26.2. The van der Waals surface area contributed by atoms with Gasteiger partial charge in [0.25, 0.3) is 0 Å². The van der Waals surface area contributed by atoms with Gasteiger partial charge in [-0.1, -0.05) is 95.0 Å². The van der Waals surface area contributed by atoms with Gasteiger partial charge in [-0.15, -0.1) is 24.8 Å². The Balaban J connectivity index is 0.000000211. The maximum atomic E-state index is 6.53. The number of hydrogen-bond donors (Lipinski definition) is 0. The summed E-state index contributed by atoms with van der Waals surface area (Å²) in [5.41, 5.74) is 3.91. The fourth-order valence-corrected chi connectivity index (χ4v) is 16.3. The Hall–Kier alpha value is 1.32. The van der Waals surface area contributed by atoms with Crippen molar-refractivity contribution in [3.8, 4) is 0 Å². The van der Waals surface area contributed by atoms with Crippen molar-refractivity contribution < 1.29 is 37.5 Å². The van der Waals surface area contributed by atoms with E-state index in [-0.39, 0.29) is 53.3 Å². The smallest absolute Gasteiger partial charge is 0.213 e. The maximum absolute atomic E-state index is 6.53. The number of halogens is 2. The molecule has 0 saturated heterocycles. The molecule has 0 heterocycles. The molecule has 0 nitrogen and oxygen atoms in total. The summed E-state index contributed by atoms with van der Waals surface area (Å²) in [5, 5.41) is 4.78. The first-order valence-corrected chi connectivity index (χ1v) is 19.8. The van der Waals surface area contributed by atoms with Gasteiger partial charge in [0, 0.05) is 0 Å². The van der Waals surface area contributed by atoms with Crippen LogP contribution in [0, 0.1) is 0 Å². The van der Waals surface area contributed by atoms with Crippen molar-refractivity contribution in [2.24, 2.45) is 0 Å². The van der Waals surface area contributed by atoms with Crippen molar-refractivity contribution in [1.82, 2.24) is 0 Å². The fourth-order valence-electron chi connectivity index (χ4n) is 8.00. The van der Waals surface area contributed by atoms with E-state index in [0.717, 1.165) is 32.7 Å². The molecule has 4 fully saturated rings. The molecule has 2 aromatic rings. The van der Waals surface area contributed by atoms with Gasteiger partial charge in [0.2, 0.25) is 0 Å². The molecule has 0 atom stereocenters. The Bertz CT molecular complexity index is 888. The first-order valence-electron chi connectivity index (χ1n) is 16.1. The van der Waals surface area contributed by atoms with Crippen LogP contribution in [0.3, 0.4) is 0 Å². The molecule has 0 aliphatic heterocycles. The molecule has 4 aliphatic rings. The van der Waals surface area contributed by atoms with Crippen LogP contribution in [0.5, 0.6) is 0 Å². The van der Waals surface area contributed by atoms with E-state index in [4.69, 9.17) is 23.2 Å². The van der Waals surface area contributed by atoms with E-state index in [9.17, 15) is 0 Å². The van der Waals surface area contributed by atoms with Crippen LogP contribution >= 0.6 is 39.0 Å². The molecular weight excluding hydrogens is 703 g/mol. The minimum atomic E-state index is -0.108. The molecule has 6 heteroatoms. The Kier molecular flexibility index (Phi) is 17.0. The third-order valence-corrected chi connectivity index (χ3v) is 17.9. The Morgan fingerprint density at radius 1 is 0.625 bits per heavy atom. The van der Waals surface area contributed by atoms with Gasteiger partial charge in [-0.2, -0.15) is 35.1 Å². The van der Waals surface area contributed by atoms with Crippen LogP contribution in [0.2, 0.25) is 10.0 Å². The fraction of sp³-hybridized carbons (Fsp3) is 0.706. The molecule has 0 N–H and O–H groups in total. The molecular formula is C34H50Cl2FeP2Pd+2. The number of rotatable bonds is 6. The summed E-state index contributed by atoms with van der Waals surface area (Å²) in [6, 6.07) is 13.6. The van der Waals surface area contributed by atoms with E-state index in [2.05, 4.69) is 30.3 Å². The van der Waals surface area contributed by atoms with Crippen LogP contribution in [0.4, 0.5) is 0 Å². The summed E-state index contributed by atoms with van der Waals surface area (Å²) in [6.07, 6.45) is 29.3. The normalized spacial score (nSPS) is 21.9. The second-order valence-electron chi connectivity index (χ2n) is 12.5. The molecule has 2 aromatic carbocycles. The van der Waals surface area contributed by atoms with Crippen molar-refractivity contribution in [2.75, 3.05) is 0 Å². The van der Waals surface area contributed by atoms with Crippen molar-refractivity contribution >= 4 is 49.7 Å². The van der Waals surface area contributed by atoms with Crippen LogP contribution in [0.15, 0.2) is 36.4 Å². The van der Waals surface area contributed by atoms with E-state index >= 15 is 0 Å². The van der Waals surface area contributed by atoms with Crippen molar-refractivity contribution in [3.63, 3.8) is 0 Å². The van der Waals surface area contributed by atoms with Gasteiger partial charge in [0.1, 0.15) is 0 Å². The molecule has 0 bridgehead atoms. The summed E-state index contributed by atoms with van der Waals surface area (Å²) in [6.45, 7) is 0. The van der Waals surface area contributed by atoms with Crippen LogP contribution in [0.25, 0.3) is 0 Å². The topological polar surface area (TPSA) is 0 Å². The Morgan fingerprint density at radius 2 is 1.02 bits per heavy atom. The van der Waals surface area contributed by atoms with Crippen LogP contribution in [-0.4, -0.2) is 22.6 Å². The van der Waals surface area contributed by atoms with Gasteiger partial charge >= 0.3 is 37.5 Å². The molecule has 0 amide bonds. The Morgan fingerprint density at radius 3 is 1.35 bits per heavy atom. The zero-order valence-corrected chi connectivity index (χ0v) is 30.2. The molecule has 0 radical (unpaired) electrons. The Labute approximate surface area is 282 Å². The van der Waals surface area contributed by atoms with Crippen LogP contribution in [-0.2, 0) is 37.5 Å². The first-order chi connectivity index (χ1) is 18.7. The average Bonchev–Trinajstić information content (AvgIpc) is 3.63. The van der Waals surface area contributed by atoms with Crippen molar-refractivity contribution in [3.05, 3.63) is 46.4 Å². The molecule has 4 aliphatic carbocycles. The summed E-state index contributed by atoms with van der Waals surface area (Å²) in [7, 11) is 0.0365. The van der Waals surface area contributed by atoms with Gasteiger partial charge in [0.15, 0.2) is 0 Å². The monoisotopic (exact) mass is 752 g/mol. The molecule has 0 unspecified atom stereocenters. The third kappa shape index (κ3) is 9.66. The molecule has 4 saturated carbocycles. The van der Waals surface area contributed by atoms with E-state index < -0.39 is 0 Å². The second-order valence-corrected chi connectivity index (χ2v) is 18.8. The summed E-state index contributed by atoms with van der Waals surface area (Å²) < 4.78 is 0. The van der Waals surface area contributed by atoms with Gasteiger partial charge in [0.05, 0.1) is 0 Å². The van der Waals surface area contributed by atoms with Gasteiger partial charge in [-0.25, -0.2) is 18.2 Å². The zero-order valence-electron chi connectivity index (χ0n) is 24.2. The average molecular weight is 754 g/mol. The van der Waals surface area contributed by atoms with E-state index in [0.29, 0.717) is 0 Å².